The smallest absolute Gasteiger partial charge is 0.356 e. The fraction of sp³-hybridized carbons (Fsp3) is 0.682. The lowest BCUT2D eigenvalue weighted by Gasteiger charge is -2.30. The molecule has 0 unspecified atom stereocenters. The lowest BCUT2D eigenvalue weighted by molar-refractivity contribution is -0.137. The van der Waals surface area contributed by atoms with Crippen molar-refractivity contribution in [3.8, 4) is 0 Å². The minimum atomic E-state index is -4.61. The van der Waals surface area contributed by atoms with Crippen molar-refractivity contribution in [1.29, 1.82) is 0 Å². The molecular weight excluding hydrogens is 443 g/mol. The molecule has 2 aliphatic heterocycles. The molecule has 0 saturated carbocycles. The van der Waals surface area contributed by atoms with Gasteiger partial charge in [0, 0.05) is 25.6 Å². The van der Waals surface area contributed by atoms with E-state index in [9.17, 15) is 26.4 Å². The number of nitrogens with one attached hydrogen (secondary N) is 1. The Morgan fingerprint density at radius 1 is 1.03 bits per heavy atom. The fourth-order valence-corrected chi connectivity index (χ4v) is 5.87. The van der Waals surface area contributed by atoms with Crippen molar-refractivity contribution in [2.75, 3.05) is 39.3 Å². The van der Waals surface area contributed by atoms with E-state index in [1.54, 1.807) is 0 Å². The summed E-state index contributed by atoms with van der Waals surface area (Å²) in [7, 11) is -4.03. The molecule has 32 heavy (non-hydrogen) atoms. The van der Waals surface area contributed by atoms with Crippen LogP contribution in [-0.4, -0.2) is 62.8 Å². The Balaban J connectivity index is 1.45. The largest absolute Gasteiger partial charge is 0.416 e. The summed E-state index contributed by atoms with van der Waals surface area (Å²) < 4.78 is 65.5. The number of carbonyl (C=O) groups excluding carboxylic acids is 1. The van der Waals surface area contributed by atoms with Gasteiger partial charge in [-0.15, -0.1) is 0 Å². The van der Waals surface area contributed by atoms with Crippen LogP contribution in [-0.2, 0) is 21.0 Å². The number of hydrogen-bond donors (Lipinski definition) is 1. The minimum absolute atomic E-state index is 0.0722. The first-order valence-corrected chi connectivity index (χ1v) is 12.8. The maximum Gasteiger partial charge on any atom is 0.416 e. The van der Waals surface area contributed by atoms with Gasteiger partial charge < -0.3 is 10.2 Å². The second kappa shape index (κ2) is 11.0. The van der Waals surface area contributed by atoms with Gasteiger partial charge in [0.15, 0.2) is 0 Å². The Bertz CT molecular complexity index is 861. The topological polar surface area (TPSA) is 69.7 Å². The number of piperidine rings is 1. The van der Waals surface area contributed by atoms with Crippen molar-refractivity contribution in [3.05, 3.63) is 29.8 Å². The van der Waals surface area contributed by atoms with Gasteiger partial charge in [0.05, 0.1) is 10.5 Å². The van der Waals surface area contributed by atoms with E-state index < -0.39 is 21.8 Å². The number of hydrogen-bond acceptors (Lipinski definition) is 4. The van der Waals surface area contributed by atoms with Crippen LogP contribution in [0.2, 0.25) is 0 Å². The van der Waals surface area contributed by atoms with Gasteiger partial charge >= 0.3 is 6.18 Å². The number of amides is 1. The summed E-state index contributed by atoms with van der Waals surface area (Å²) in [6.45, 7) is 4.03. The van der Waals surface area contributed by atoms with E-state index in [4.69, 9.17) is 0 Å². The third-order valence-corrected chi connectivity index (χ3v) is 8.17. The van der Waals surface area contributed by atoms with Crippen LogP contribution in [0.3, 0.4) is 0 Å². The van der Waals surface area contributed by atoms with Crippen LogP contribution in [0.4, 0.5) is 13.2 Å². The molecule has 1 aromatic rings. The standard InChI is InChI=1S/C22H32F3N3O3S/c23-22(24,25)19-7-5-8-20(17-19)32(30,31)28-15-9-18(10-16-28)21(29)26-11-6-14-27-12-3-1-2-4-13-27/h5,7-8,17-18H,1-4,6,9-16H2,(H,26,29). The monoisotopic (exact) mass is 475 g/mol. The molecule has 0 bridgehead atoms. The van der Waals surface area contributed by atoms with E-state index in [0.29, 0.717) is 25.5 Å². The molecule has 3 rings (SSSR count). The van der Waals surface area contributed by atoms with Crippen molar-refractivity contribution in [1.82, 2.24) is 14.5 Å². The molecule has 1 N–H and O–H groups in total. The van der Waals surface area contributed by atoms with Crippen LogP contribution < -0.4 is 5.32 Å². The average molecular weight is 476 g/mol. The van der Waals surface area contributed by atoms with Crippen LogP contribution in [0.1, 0.15) is 50.5 Å². The predicted molar refractivity (Wildman–Crippen MR) is 115 cm³/mol. The summed E-state index contributed by atoms with van der Waals surface area (Å²) in [5.41, 5.74) is -0.993. The van der Waals surface area contributed by atoms with Gasteiger partial charge in [-0.25, -0.2) is 8.42 Å². The van der Waals surface area contributed by atoms with E-state index in [2.05, 4.69) is 10.2 Å². The normalized spacial score (nSPS) is 20.1. The first kappa shape index (κ1) is 25.0. The van der Waals surface area contributed by atoms with Gasteiger partial charge in [-0.2, -0.15) is 17.5 Å². The van der Waals surface area contributed by atoms with Crippen molar-refractivity contribution in [3.63, 3.8) is 0 Å². The third kappa shape index (κ3) is 6.68. The summed E-state index contributed by atoms with van der Waals surface area (Å²) >= 11 is 0. The zero-order chi connectivity index (χ0) is 23.2. The number of benzene rings is 1. The van der Waals surface area contributed by atoms with Gasteiger partial charge in [0.1, 0.15) is 0 Å². The molecule has 2 heterocycles. The number of carbonyl (C=O) groups is 1. The van der Waals surface area contributed by atoms with Crippen molar-refractivity contribution in [2.45, 2.75) is 56.0 Å². The molecule has 2 aliphatic rings. The summed E-state index contributed by atoms with van der Waals surface area (Å²) in [6, 6.07) is 3.79. The van der Waals surface area contributed by atoms with Gasteiger partial charge in [-0.05, 0) is 69.9 Å². The zero-order valence-corrected chi connectivity index (χ0v) is 19.1. The number of nitrogens with zero attached hydrogens (tertiary/aromatic N) is 2. The molecule has 0 atom stereocenters. The van der Waals surface area contributed by atoms with Crippen LogP contribution in [0.15, 0.2) is 29.2 Å². The van der Waals surface area contributed by atoms with Crippen LogP contribution >= 0.6 is 0 Å². The highest BCUT2D eigenvalue weighted by molar-refractivity contribution is 7.89. The Labute approximate surface area is 188 Å². The Hall–Kier alpha value is -1.65. The van der Waals surface area contributed by atoms with E-state index in [-0.39, 0.29) is 29.8 Å². The van der Waals surface area contributed by atoms with Gasteiger partial charge in [-0.1, -0.05) is 18.9 Å². The third-order valence-electron chi connectivity index (χ3n) is 6.27. The molecule has 0 aliphatic carbocycles. The first-order chi connectivity index (χ1) is 15.2. The number of likely N-dealkylation sites (tertiary alicyclic amines) is 1. The number of halogens is 3. The van der Waals surface area contributed by atoms with Crippen LogP contribution in [0.5, 0.6) is 0 Å². The number of rotatable bonds is 7. The van der Waals surface area contributed by atoms with E-state index in [0.717, 1.165) is 38.2 Å². The van der Waals surface area contributed by atoms with Crippen LogP contribution in [0.25, 0.3) is 0 Å². The highest BCUT2D eigenvalue weighted by atomic mass is 32.2. The van der Waals surface area contributed by atoms with Gasteiger partial charge in [0.2, 0.25) is 15.9 Å². The molecular formula is C22H32F3N3O3S. The van der Waals surface area contributed by atoms with E-state index in [1.807, 2.05) is 0 Å². The van der Waals surface area contributed by atoms with Crippen LogP contribution in [0, 0.1) is 5.92 Å². The van der Waals surface area contributed by atoms with Crippen molar-refractivity contribution < 1.29 is 26.4 Å². The molecule has 2 saturated heterocycles. The molecule has 0 radical (unpaired) electrons. The quantitative estimate of drug-likeness (QED) is 0.613. The summed E-state index contributed by atoms with van der Waals surface area (Å²) in [6.07, 6.45) is 2.03. The van der Waals surface area contributed by atoms with Gasteiger partial charge in [-0.3, -0.25) is 4.79 Å². The van der Waals surface area contributed by atoms with Crippen molar-refractivity contribution in [2.24, 2.45) is 5.92 Å². The predicted octanol–water partition coefficient (Wildman–Crippen LogP) is 3.49. The first-order valence-electron chi connectivity index (χ1n) is 11.4. The maximum atomic E-state index is 12.9. The second-order valence-corrected chi connectivity index (χ2v) is 10.5. The summed E-state index contributed by atoms with van der Waals surface area (Å²) in [5.74, 6) is -0.349. The molecule has 1 aromatic carbocycles. The lowest BCUT2D eigenvalue weighted by atomic mass is 9.97. The minimum Gasteiger partial charge on any atom is -0.356 e. The number of alkyl halides is 3. The Kier molecular flexibility index (Phi) is 8.57. The highest BCUT2D eigenvalue weighted by Gasteiger charge is 2.35. The second-order valence-electron chi connectivity index (χ2n) is 8.60. The summed E-state index contributed by atoms with van der Waals surface area (Å²) in [5, 5.41) is 2.96. The molecule has 0 spiro atoms. The van der Waals surface area contributed by atoms with Crippen molar-refractivity contribution >= 4 is 15.9 Å². The van der Waals surface area contributed by atoms with Gasteiger partial charge in [0.25, 0.3) is 0 Å². The maximum absolute atomic E-state index is 12.9. The molecule has 10 heteroatoms. The highest BCUT2D eigenvalue weighted by Crippen LogP contribution is 2.32. The number of sulfonamides is 1. The molecule has 180 valence electrons. The SMILES string of the molecule is O=C(NCCCN1CCCCCC1)C1CCN(S(=O)(=O)c2cccc(C(F)(F)F)c2)CC1. The Morgan fingerprint density at radius 2 is 1.69 bits per heavy atom. The molecule has 1 amide bonds. The zero-order valence-electron chi connectivity index (χ0n) is 18.2. The average Bonchev–Trinajstić information content (AvgIpc) is 3.05. The van der Waals surface area contributed by atoms with E-state index >= 15 is 0 Å². The molecule has 0 aromatic heterocycles. The molecule has 6 nitrogen and oxygen atoms in total. The summed E-state index contributed by atoms with van der Waals surface area (Å²) in [4.78, 5) is 14.5. The molecule has 2 fully saturated rings. The lowest BCUT2D eigenvalue weighted by Crippen LogP contribution is -2.43. The van der Waals surface area contributed by atoms with E-state index in [1.165, 1.54) is 36.1 Å². The fourth-order valence-electron chi connectivity index (χ4n) is 4.36. The Morgan fingerprint density at radius 3 is 2.31 bits per heavy atom.